The van der Waals surface area contributed by atoms with Crippen LogP contribution in [0.25, 0.3) is 0 Å². The topological polar surface area (TPSA) is 23.5 Å². The summed E-state index contributed by atoms with van der Waals surface area (Å²) in [6.45, 7) is 7.54. The molecule has 2 rings (SSSR count). The van der Waals surface area contributed by atoms with E-state index in [9.17, 15) is 5.11 Å². The van der Waals surface area contributed by atoms with E-state index in [1.165, 1.54) is 5.56 Å². The molecule has 1 aliphatic heterocycles. The third kappa shape index (κ3) is 3.82. The average Bonchev–Trinajstić information content (AvgIpc) is 2.78. The number of rotatable bonds is 5. The molecule has 1 unspecified atom stereocenters. The van der Waals surface area contributed by atoms with E-state index in [4.69, 9.17) is 0 Å². The lowest BCUT2D eigenvalue weighted by Gasteiger charge is -2.21. The Morgan fingerprint density at radius 2 is 2.00 bits per heavy atom. The Morgan fingerprint density at radius 3 is 2.67 bits per heavy atom. The Morgan fingerprint density at radius 1 is 1.28 bits per heavy atom. The Kier molecular flexibility index (Phi) is 4.79. The van der Waals surface area contributed by atoms with E-state index in [1.54, 1.807) is 0 Å². The monoisotopic (exact) mass is 247 g/mol. The van der Waals surface area contributed by atoms with E-state index in [0.717, 1.165) is 32.5 Å². The molecule has 1 aromatic carbocycles. The smallest absolute Gasteiger partial charge is 0.0583 e. The second-order valence-corrected chi connectivity index (χ2v) is 5.97. The molecule has 1 saturated heterocycles. The molecule has 2 atom stereocenters. The van der Waals surface area contributed by atoms with Gasteiger partial charge in [-0.3, -0.25) is 4.90 Å². The van der Waals surface area contributed by atoms with Crippen molar-refractivity contribution in [3.8, 4) is 0 Å². The lowest BCUT2D eigenvalue weighted by molar-refractivity contribution is 0.0887. The highest BCUT2D eigenvalue weighted by atomic mass is 16.3. The van der Waals surface area contributed by atoms with Gasteiger partial charge in [0.05, 0.1) is 6.10 Å². The van der Waals surface area contributed by atoms with Crippen molar-refractivity contribution in [1.29, 1.82) is 0 Å². The number of benzene rings is 1. The van der Waals surface area contributed by atoms with Gasteiger partial charge in [-0.1, -0.05) is 44.2 Å². The SMILES string of the molecule is CC(C)C[C@H](O)C1CCN(Cc2ccccc2)C1. The summed E-state index contributed by atoms with van der Waals surface area (Å²) in [6, 6.07) is 10.6. The highest BCUT2D eigenvalue weighted by Crippen LogP contribution is 2.24. The van der Waals surface area contributed by atoms with Gasteiger partial charge in [-0.15, -0.1) is 0 Å². The normalized spacial score (nSPS) is 22.6. The van der Waals surface area contributed by atoms with Gasteiger partial charge in [-0.2, -0.15) is 0 Å². The number of hydrogen-bond donors (Lipinski definition) is 1. The highest BCUT2D eigenvalue weighted by molar-refractivity contribution is 5.14. The second-order valence-electron chi connectivity index (χ2n) is 5.97. The first-order chi connectivity index (χ1) is 8.65. The van der Waals surface area contributed by atoms with Gasteiger partial charge in [0.25, 0.3) is 0 Å². The zero-order chi connectivity index (χ0) is 13.0. The molecule has 2 heteroatoms. The van der Waals surface area contributed by atoms with E-state index >= 15 is 0 Å². The molecule has 0 aliphatic carbocycles. The molecule has 100 valence electrons. The molecular weight excluding hydrogens is 222 g/mol. The lowest BCUT2D eigenvalue weighted by atomic mass is 9.94. The molecule has 0 aromatic heterocycles. The minimum atomic E-state index is -0.120. The number of nitrogens with zero attached hydrogens (tertiary/aromatic N) is 1. The number of likely N-dealkylation sites (tertiary alicyclic amines) is 1. The van der Waals surface area contributed by atoms with Gasteiger partial charge in [0.15, 0.2) is 0 Å². The minimum Gasteiger partial charge on any atom is -0.393 e. The van der Waals surface area contributed by atoms with Crippen molar-refractivity contribution in [2.75, 3.05) is 13.1 Å². The van der Waals surface area contributed by atoms with Crippen molar-refractivity contribution in [3.05, 3.63) is 35.9 Å². The summed E-state index contributed by atoms with van der Waals surface area (Å²) in [5.41, 5.74) is 1.37. The van der Waals surface area contributed by atoms with Crippen molar-refractivity contribution in [3.63, 3.8) is 0 Å². The fraction of sp³-hybridized carbons (Fsp3) is 0.625. The van der Waals surface area contributed by atoms with Gasteiger partial charge < -0.3 is 5.11 Å². The first kappa shape index (κ1) is 13.6. The van der Waals surface area contributed by atoms with Crippen molar-refractivity contribution >= 4 is 0 Å². The van der Waals surface area contributed by atoms with Crippen LogP contribution in [0.4, 0.5) is 0 Å². The van der Waals surface area contributed by atoms with Crippen molar-refractivity contribution in [2.45, 2.75) is 39.3 Å². The minimum absolute atomic E-state index is 0.120. The summed E-state index contributed by atoms with van der Waals surface area (Å²) in [5, 5.41) is 10.2. The number of hydrogen-bond acceptors (Lipinski definition) is 2. The summed E-state index contributed by atoms with van der Waals surface area (Å²) < 4.78 is 0. The second kappa shape index (κ2) is 6.35. The predicted octanol–water partition coefficient (Wildman–Crippen LogP) is 2.92. The zero-order valence-corrected chi connectivity index (χ0v) is 11.5. The maximum absolute atomic E-state index is 10.2. The third-order valence-electron chi connectivity index (χ3n) is 3.81. The fourth-order valence-corrected chi connectivity index (χ4v) is 2.84. The van der Waals surface area contributed by atoms with Crippen LogP contribution in [0.1, 0.15) is 32.3 Å². The molecular formula is C16H25NO. The summed E-state index contributed by atoms with van der Waals surface area (Å²) in [6.07, 6.45) is 1.95. The van der Waals surface area contributed by atoms with Crippen LogP contribution in [-0.2, 0) is 6.54 Å². The van der Waals surface area contributed by atoms with E-state index < -0.39 is 0 Å². The lowest BCUT2D eigenvalue weighted by Crippen LogP contribution is -2.26. The van der Waals surface area contributed by atoms with E-state index in [0.29, 0.717) is 11.8 Å². The first-order valence-corrected chi connectivity index (χ1v) is 7.09. The van der Waals surface area contributed by atoms with Crippen LogP contribution in [0.3, 0.4) is 0 Å². The molecule has 0 bridgehead atoms. The molecule has 1 aromatic rings. The summed E-state index contributed by atoms with van der Waals surface area (Å²) >= 11 is 0. The predicted molar refractivity (Wildman–Crippen MR) is 75.3 cm³/mol. The number of aliphatic hydroxyl groups is 1. The van der Waals surface area contributed by atoms with E-state index in [1.807, 2.05) is 0 Å². The van der Waals surface area contributed by atoms with Crippen LogP contribution in [0.5, 0.6) is 0 Å². The van der Waals surface area contributed by atoms with E-state index in [-0.39, 0.29) is 6.10 Å². The van der Waals surface area contributed by atoms with Crippen LogP contribution >= 0.6 is 0 Å². The maximum atomic E-state index is 10.2. The molecule has 1 heterocycles. The van der Waals surface area contributed by atoms with Gasteiger partial charge in [-0.25, -0.2) is 0 Å². The van der Waals surface area contributed by atoms with Crippen LogP contribution in [-0.4, -0.2) is 29.2 Å². The molecule has 2 nitrogen and oxygen atoms in total. The molecule has 0 saturated carbocycles. The zero-order valence-electron chi connectivity index (χ0n) is 11.5. The van der Waals surface area contributed by atoms with Crippen molar-refractivity contribution in [2.24, 2.45) is 11.8 Å². The summed E-state index contributed by atoms with van der Waals surface area (Å²) in [4.78, 5) is 2.46. The first-order valence-electron chi connectivity index (χ1n) is 7.09. The fourth-order valence-electron chi connectivity index (χ4n) is 2.84. The van der Waals surface area contributed by atoms with Crippen LogP contribution < -0.4 is 0 Å². The van der Waals surface area contributed by atoms with Crippen LogP contribution in [0.2, 0.25) is 0 Å². The molecule has 0 radical (unpaired) electrons. The molecule has 0 amide bonds. The standard InChI is InChI=1S/C16H25NO/c1-13(2)10-16(18)15-8-9-17(12-15)11-14-6-4-3-5-7-14/h3-7,13,15-16,18H,8-12H2,1-2H3/t15?,16-/m0/s1. The van der Waals surface area contributed by atoms with Crippen LogP contribution in [0, 0.1) is 11.8 Å². The number of aliphatic hydroxyl groups excluding tert-OH is 1. The Balaban J connectivity index is 1.81. The highest BCUT2D eigenvalue weighted by Gasteiger charge is 2.28. The van der Waals surface area contributed by atoms with Crippen molar-refractivity contribution < 1.29 is 5.11 Å². The van der Waals surface area contributed by atoms with Crippen LogP contribution in [0.15, 0.2) is 30.3 Å². The summed E-state index contributed by atoms with van der Waals surface area (Å²) in [7, 11) is 0. The van der Waals surface area contributed by atoms with Gasteiger partial charge in [0.1, 0.15) is 0 Å². The van der Waals surface area contributed by atoms with Crippen molar-refractivity contribution in [1.82, 2.24) is 4.90 Å². The Labute approximate surface area is 111 Å². The quantitative estimate of drug-likeness (QED) is 0.865. The molecule has 18 heavy (non-hydrogen) atoms. The molecule has 1 N–H and O–H groups in total. The van der Waals surface area contributed by atoms with Gasteiger partial charge in [-0.05, 0) is 36.8 Å². The van der Waals surface area contributed by atoms with E-state index in [2.05, 4.69) is 49.1 Å². The van der Waals surface area contributed by atoms with Gasteiger partial charge >= 0.3 is 0 Å². The largest absolute Gasteiger partial charge is 0.393 e. The molecule has 1 fully saturated rings. The average molecular weight is 247 g/mol. The van der Waals surface area contributed by atoms with Gasteiger partial charge in [0, 0.05) is 13.1 Å². The Hall–Kier alpha value is -0.860. The Bertz CT molecular complexity index is 349. The third-order valence-corrected chi connectivity index (χ3v) is 3.81. The van der Waals surface area contributed by atoms with Gasteiger partial charge in [0.2, 0.25) is 0 Å². The molecule has 0 spiro atoms. The maximum Gasteiger partial charge on any atom is 0.0583 e. The molecule has 1 aliphatic rings. The summed E-state index contributed by atoms with van der Waals surface area (Å²) in [5.74, 6) is 1.05.